The molecule has 0 radical (unpaired) electrons. The molecule has 0 spiro atoms. The Bertz CT molecular complexity index is 386. The molecule has 3 atom stereocenters. The van der Waals surface area contributed by atoms with Gasteiger partial charge in [0.2, 0.25) is 5.91 Å². The summed E-state index contributed by atoms with van der Waals surface area (Å²) in [4.78, 5) is 11.8. The van der Waals surface area contributed by atoms with Gasteiger partial charge in [-0.1, -0.05) is 38.1 Å². The predicted molar refractivity (Wildman–Crippen MR) is 60.6 cm³/mol. The Morgan fingerprint density at radius 1 is 1.00 bits per heavy atom. The normalized spacial score (nSPS) is 30.3. The van der Waals surface area contributed by atoms with E-state index in [1.165, 1.54) is 11.1 Å². The van der Waals surface area contributed by atoms with Gasteiger partial charge in [0.15, 0.2) is 0 Å². The smallest absolute Gasteiger partial charge is 0.223 e. The fourth-order valence-corrected chi connectivity index (χ4v) is 2.24. The number of fused-ring (bicyclic) bond motifs is 1. The molecule has 2 rings (SSSR count). The molecule has 1 aromatic rings. The van der Waals surface area contributed by atoms with Crippen molar-refractivity contribution >= 4 is 5.91 Å². The van der Waals surface area contributed by atoms with E-state index in [0.29, 0.717) is 5.92 Å². The van der Waals surface area contributed by atoms with Crippen molar-refractivity contribution in [1.29, 1.82) is 0 Å². The maximum Gasteiger partial charge on any atom is 0.223 e. The van der Waals surface area contributed by atoms with Crippen molar-refractivity contribution < 1.29 is 4.79 Å². The van der Waals surface area contributed by atoms with Crippen molar-refractivity contribution in [3.8, 4) is 0 Å². The molecule has 0 saturated carbocycles. The Kier molecular flexibility index (Phi) is 2.51. The minimum atomic E-state index is 0.0519. The van der Waals surface area contributed by atoms with Crippen molar-refractivity contribution in [3.63, 3.8) is 0 Å². The molecule has 3 unspecified atom stereocenters. The van der Waals surface area contributed by atoms with E-state index in [-0.39, 0.29) is 17.9 Å². The molecule has 2 heteroatoms. The second-order valence-electron chi connectivity index (χ2n) is 4.44. The van der Waals surface area contributed by atoms with Crippen LogP contribution in [0.1, 0.15) is 43.9 Å². The third-order valence-electron chi connectivity index (χ3n) is 3.48. The minimum absolute atomic E-state index is 0.0519. The summed E-state index contributed by atoms with van der Waals surface area (Å²) >= 11 is 0. The van der Waals surface area contributed by atoms with Crippen LogP contribution in [-0.2, 0) is 4.79 Å². The quantitative estimate of drug-likeness (QED) is 0.690. The number of benzene rings is 1. The Hall–Kier alpha value is -1.31. The van der Waals surface area contributed by atoms with E-state index in [2.05, 4.69) is 24.4 Å². The minimum Gasteiger partial charge on any atom is -0.349 e. The first-order valence-electron chi connectivity index (χ1n) is 5.50. The molecule has 0 aromatic heterocycles. The average Bonchev–Trinajstić information content (AvgIpc) is 2.33. The lowest BCUT2D eigenvalue weighted by Gasteiger charge is -2.16. The van der Waals surface area contributed by atoms with Gasteiger partial charge in [0, 0.05) is 5.92 Å². The average molecular weight is 203 g/mol. The van der Waals surface area contributed by atoms with Gasteiger partial charge < -0.3 is 5.32 Å². The van der Waals surface area contributed by atoms with E-state index in [4.69, 9.17) is 0 Å². The number of carbonyl (C=O) groups excluding carboxylic acids is 1. The van der Waals surface area contributed by atoms with Gasteiger partial charge in [-0.3, -0.25) is 4.79 Å². The Morgan fingerprint density at radius 2 is 1.60 bits per heavy atom. The van der Waals surface area contributed by atoms with E-state index in [9.17, 15) is 4.79 Å². The molecule has 1 aromatic carbocycles. The van der Waals surface area contributed by atoms with Crippen LogP contribution < -0.4 is 5.32 Å². The monoisotopic (exact) mass is 203 g/mol. The lowest BCUT2D eigenvalue weighted by Crippen LogP contribution is -2.30. The van der Waals surface area contributed by atoms with E-state index in [1.54, 1.807) is 0 Å². The third-order valence-corrected chi connectivity index (χ3v) is 3.48. The molecule has 0 bridgehead atoms. The van der Waals surface area contributed by atoms with Crippen LogP contribution >= 0.6 is 0 Å². The van der Waals surface area contributed by atoms with Gasteiger partial charge in [0.1, 0.15) is 0 Å². The summed E-state index contributed by atoms with van der Waals surface area (Å²) in [6.45, 7) is 6.16. The molecule has 0 saturated heterocycles. The Morgan fingerprint density at radius 3 is 2.27 bits per heavy atom. The van der Waals surface area contributed by atoms with Crippen LogP contribution in [0.4, 0.5) is 0 Å². The largest absolute Gasteiger partial charge is 0.349 e. The molecule has 0 fully saturated rings. The molecule has 1 N–H and O–H groups in total. The summed E-state index contributed by atoms with van der Waals surface area (Å²) in [6, 6.07) is 8.44. The Balaban J connectivity index is 2.52. The number of hydrogen-bond acceptors (Lipinski definition) is 1. The van der Waals surface area contributed by atoms with Gasteiger partial charge in [-0.25, -0.2) is 0 Å². The molecule has 1 amide bonds. The van der Waals surface area contributed by atoms with E-state index < -0.39 is 0 Å². The van der Waals surface area contributed by atoms with Gasteiger partial charge >= 0.3 is 0 Å². The van der Waals surface area contributed by atoms with E-state index in [0.717, 1.165) is 0 Å². The molecular formula is C13H17NO. The number of amides is 1. The molecule has 1 aliphatic rings. The molecule has 15 heavy (non-hydrogen) atoms. The van der Waals surface area contributed by atoms with Crippen LogP contribution in [-0.4, -0.2) is 5.91 Å². The van der Waals surface area contributed by atoms with E-state index in [1.807, 2.05) is 26.0 Å². The first-order chi connectivity index (χ1) is 7.11. The summed E-state index contributed by atoms with van der Waals surface area (Å²) in [6.07, 6.45) is 0. The molecule has 1 aliphatic heterocycles. The van der Waals surface area contributed by atoms with Crippen LogP contribution in [0.2, 0.25) is 0 Å². The second-order valence-corrected chi connectivity index (χ2v) is 4.44. The highest BCUT2D eigenvalue weighted by atomic mass is 16.1. The van der Waals surface area contributed by atoms with Crippen molar-refractivity contribution in [2.45, 2.75) is 32.7 Å². The topological polar surface area (TPSA) is 29.1 Å². The SMILES string of the molecule is CC1NC(=O)C(C)C(C)c2ccccc21. The Labute approximate surface area is 90.7 Å². The highest BCUT2D eigenvalue weighted by Crippen LogP contribution is 2.33. The fraction of sp³-hybridized carbons (Fsp3) is 0.462. The van der Waals surface area contributed by atoms with Crippen molar-refractivity contribution in [2.75, 3.05) is 0 Å². The molecule has 2 nitrogen and oxygen atoms in total. The predicted octanol–water partition coefficient (Wildman–Crippen LogP) is 2.62. The van der Waals surface area contributed by atoms with Gasteiger partial charge in [0.05, 0.1) is 6.04 Å². The highest BCUT2D eigenvalue weighted by Gasteiger charge is 2.29. The van der Waals surface area contributed by atoms with Gasteiger partial charge in [-0.15, -0.1) is 0 Å². The molecule has 0 aliphatic carbocycles. The van der Waals surface area contributed by atoms with Crippen LogP contribution in [0.3, 0.4) is 0 Å². The summed E-state index contributed by atoms with van der Waals surface area (Å²) in [5.74, 6) is 0.508. The lowest BCUT2D eigenvalue weighted by atomic mass is 9.86. The summed E-state index contributed by atoms with van der Waals surface area (Å²) in [7, 11) is 0. The van der Waals surface area contributed by atoms with E-state index >= 15 is 0 Å². The number of rotatable bonds is 0. The molecule has 80 valence electrons. The summed E-state index contributed by atoms with van der Waals surface area (Å²) < 4.78 is 0. The first-order valence-corrected chi connectivity index (χ1v) is 5.50. The maximum atomic E-state index is 11.8. The van der Waals surface area contributed by atoms with Gasteiger partial charge in [-0.05, 0) is 24.0 Å². The number of carbonyl (C=O) groups is 1. The zero-order valence-electron chi connectivity index (χ0n) is 9.45. The summed E-state index contributed by atoms with van der Waals surface area (Å²) in [5.41, 5.74) is 2.55. The number of hydrogen-bond donors (Lipinski definition) is 1. The lowest BCUT2D eigenvalue weighted by molar-refractivity contribution is -0.125. The molecule has 1 heterocycles. The van der Waals surface area contributed by atoms with Crippen molar-refractivity contribution in [2.24, 2.45) is 5.92 Å². The second kappa shape index (κ2) is 3.69. The number of nitrogens with one attached hydrogen (secondary N) is 1. The highest BCUT2D eigenvalue weighted by molar-refractivity contribution is 5.80. The van der Waals surface area contributed by atoms with Crippen molar-refractivity contribution in [1.82, 2.24) is 5.32 Å². The van der Waals surface area contributed by atoms with Gasteiger partial charge in [0.25, 0.3) is 0 Å². The van der Waals surface area contributed by atoms with Crippen LogP contribution in [0.15, 0.2) is 24.3 Å². The first kappa shape index (κ1) is 10.2. The third kappa shape index (κ3) is 1.65. The van der Waals surface area contributed by atoms with Crippen molar-refractivity contribution in [3.05, 3.63) is 35.4 Å². The standard InChI is InChI=1S/C13H17NO/c1-8-9(2)13(15)14-10(3)12-7-5-4-6-11(8)12/h4-10H,1-3H3,(H,14,15). The maximum absolute atomic E-state index is 11.8. The van der Waals surface area contributed by atoms with Crippen LogP contribution in [0.25, 0.3) is 0 Å². The van der Waals surface area contributed by atoms with Crippen LogP contribution in [0.5, 0.6) is 0 Å². The molecular weight excluding hydrogens is 186 g/mol. The zero-order valence-corrected chi connectivity index (χ0v) is 9.45. The summed E-state index contributed by atoms with van der Waals surface area (Å²) in [5, 5.41) is 3.04. The van der Waals surface area contributed by atoms with Gasteiger partial charge in [-0.2, -0.15) is 0 Å². The van der Waals surface area contributed by atoms with Crippen LogP contribution in [0, 0.1) is 5.92 Å². The zero-order chi connectivity index (χ0) is 11.0. The fourth-order valence-electron chi connectivity index (χ4n) is 2.24.